The van der Waals surface area contributed by atoms with E-state index in [9.17, 15) is 0 Å². The topological polar surface area (TPSA) is 30.7 Å². The summed E-state index contributed by atoms with van der Waals surface area (Å²) >= 11 is 22.7. The van der Waals surface area contributed by atoms with E-state index in [-0.39, 0.29) is 10.8 Å². The predicted octanol–water partition coefficient (Wildman–Crippen LogP) is 3.17. The van der Waals surface area contributed by atoms with E-state index in [1.165, 1.54) is 4.68 Å². The highest BCUT2D eigenvalue weighted by Gasteiger charge is 2.30. The van der Waals surface area contributed by atoms with Crippen LogP contribution in [-0.4, -0.2) is 15.0 Å². The maximum absolute atomic E-state index is 5.87. The average molecular weight is 263 g/mol. The molecule has 1 aromatic rings. The molecule has 0 radical (unpaired) electrons. The molecule has 0 bridgehead atoms. The molecule has 0 aliphatic rings. The lowest BCUT2D eigenvalue weighted by molar-refractivity contribution is 0.579. The lowest BCUT2D eigenvalue weighted by atomic mass is 10.5. The van der Waals surface area contributed by atoms with Crippen molar-refractivity contribution in [1.29, 1.82) is 0 Å². The second-order valence-corrected chi connectivity index (χ2v) is 5.09. The van der Waals surface area contributed by atoms with E-state index in [1.54, 1.807) is 0 Å². The number of nitrogens with zero attached hydrogens (tertiary/aromatic N) is 3. The number of hydrogen-bond acceptors (Lipinski definition) is 2. The Bertz CT molecular complexity index is 291. The molecule has 1 aromatic heterocycles. The van der Waals surface area contributed by atoms with E-state index >= 15 is 0 Å². The molecule has 7 heteroatoms. The second-order valence-electron chi connectivity index (χ2n) is 2.45. The molecule has 0 amide bonds. The number of rotatable bonds is 2. The van der Waals surface area contributed by atoms with Gasteiger partial charge in [0, 0.05) is 6.54 Å². The third kappa shape index (κ3) is 2.62. The number of aromatic nitrogens is 3. The third-order valence-electron chi connectivity index (χ3n) is 1.38. The summed E-state index contributed by atoms with van der Waals surface area (Å²) in [5.41, 5.74) is 0.174. The largest absolute Gasteiger partial charge is 0.237 e. The van der Waals surface area contributed by atoms with Gasteiger partial charge in [0.25, 0.3) is 0 Å². The summed E-state index contributed by atoms with van der Waals surface area (Å²) in [6, 6.07) is 0. The van der Waals surface area contributed by atoms with Gasteiger partial charge in [0.1, 0.15) is 0 Å². The van der Waals surface area contributed by atoms with Gasteiger partial charge in [-0.15, -0.1) is 5.10 Å². The van der Waals surface area contributed by atoms with E-state index in [2.05, 4.69) is 10.3 Å². The molecule has 0 N–H and O–H groups in total. The molecule has 13 heavy (non-hydrogen) atoms. The molecule has 0 aromatic carbocycles. The first-order valence-electron chi connectivity index (χ1n) is 3.63. The first-order chi connectivity index (χ1) is 5.96. The highest BCUT2D eigenvalue weighted by atomic mass is 35.6. The smallest absolute Gasteiger partial charge is 0.233 e. The first kappa shape index (κ1) is 11.4. The second kappa shape index (κ2) is 4.22. The SMILES string of the molecule is CCCn1nnc(C(Cl)(Cl)Cl)c1Cl. The van der Waals surface area contributed by atoms with Gasteiger partial charge in [-0.1, -0.05) is 58.5 Å². The van der Waals surface area contributed by atoms with Gasteiger partial charge in [-0.05, 0) is 6.42 Å². The van der Waals surface area contributed by atoms with Crippen molar-refractivity contribution in [3.63, 3.8) is 0 Å². The average Bonchev–Trinajstić information content (AvgIpc) is 2.32. The van der Waals surface area contributed by atoms with Gasteiger partial charge in [0.15, 0.2) is 10.8 Å². The molecule has 0 fully saturated rings. The van der Waals surface area contributed by atoms with Crippen molar-refractivity contribution >= 4 is 46.4 Å². The zero-order valence-electron chi connectivity index (χ0n) is 6.77. The van der Waals surface area contributed by atoms with Crippen LogP contribution in [0.4, 0.5) is 0 Å². The number of halogens is 4. The maximum Gasteiger partial charge on any atom is 0.237 e. The molecule has 1 rings (SSSR count). The van der Waals surface area contributed by atoms with Crippen molar-refractivity contribution in [2.24, 2.45) is 0 Å². The highest BCUT2D eigenvalue weighted by Crippen LogP contribution is 2.40. The van der Waals surface area contributed by atoms with E-state index in [1.807, 2.05) is 6.92 Å². The van der Waals surface area contributed by atoms with Crippen LogP contribution in [0, 0.1) is 0 Å². The molecule has 3 nitrogen and oxygen atoms in total. The number of aryl methyl sites for hydroxylation is 1. The summed E-state index contributed by atoms with van der Waals surface area (Å²) in [6.45, 7) is 2.65. The molecule has 0 aliphatic heterocycles. The molecule has 0 saturated carbocycles. The van der Waals surface area contributed by atoms with Gasteiger partial charge in [-0.2, -0.15) is 0 Å². The zero-order chi connectivity index (χ0) is 10.1. The van der Waals surface area contributed by atoms with Gasteiger partial charge in [0.05, 0.1) is 0 Å². The van der Waals surface area contributed by atoms with Crippen LogP contribution in [0.1, 0.15) is 19.0 Å². The third-order valence-corrected chi connectivity index (χ3v) is 2.29. The minimum atomic E-state index is -1.61. The van der Waals surface area contributed by atoms with Crippen molar-refractivity contribution in [2.75, 3.05) is 0 Å². The van der Waals surface area contributed by atoms with E-state index in [0.717, 1.165) is 6.42 Å². The Morgan fingerprint density at radius 1 is 1.38 bits per heavy atom. The van der Waals surface area contributed by atoms with Gasteiger partial charge < -0.3 is 0 Å². The van der Waals surface area contributed by atoms with Crippen molar-refractivity contribution < 1.29 is 0 Å². The van der Waals surface area contributed by atoms with Crippen LogP contribution in [0.5, 0.6) is 0 Å². The number of hydrogen-bond donors (Lipinski definition) is 0. The molecule has 0 unspecified atom stereocenters. The molecule has 74 valence electrons. The summed E-state index contributed by atoms with van der Waals surface area (Å²) < 4.78 is -0.109. The summed E-state index contributed by atoms with van der Waals surface area (Å²) in [7, 11) is 0. The van der Waals surface area contributed by atoms with Crippen LogP contribution in [0.25, 0.3) is 0 Å². The van der Waals surface area contributed by atoms with Crippen LogP contribution in [0.3, 0.4) is 0 Å². The van der Waals surface area contributed by atoms with Crippen LogP contribution >= 0.6 is 46.4 Å². The Balaban J connectivity index is 2.99. The fourth-order valence-electron chi connectivity index (χ4n) is 0.830. The van der Waals surface area contributed by atoms with Gasteiger partial charge in [0.2, 0.25) is 3.79 Å². The molecule has 0 spiro atoms. The zero-order valence-corrected chi connectivity index (χ0v) is 9.79. The number of alkyl halides is 3. The Morgan fingerprint density at radius 2 is 2.00 bits per heavy atom. The summed E-state index contributed by atoms with van der Waals surface area (Å²) in [5.74, 6) is 0. The Morgan fingerprint density at radius 3 is 2.38 bits per heavy atom. The van der Waals surface area contributed by atoms with E-state index in [4.69, 9.17) is 46.4 Å². The van der Waals surface area contributed by atoms with Gasteiger partial charge in [-0.3, -0.25) is 0 Å². The quantitative estimate of drug-likeness (QED) is 0.767. The highest BCUT2D eigenvalue weighted by molar-refractivity contribution is 6.67. The minimum Gasteiger partial charge on any atom is -0.233 e. The van der Waals surface area contributed by atoms with Crippen molar-refractivity contribution in [3.05, 3.63) is 10.8 Å². The Hall–Kier alpha value is 0.300. The molecular formula is C6H7Cl4N3. The predicted molar refractivity (Wildman–Crippen MR) is 54.6 cm³/mol. The van der Waals surface area contributed by atoms with Crippen molar-refractivity contribution in [1.82, 2.24) is 15.0 Å². The van der Waals surface area contributed by atoms with Crippen molar-refractivity contribution in [3.8, 4) is 0 Å². The Kier molecular flexibility index (Phi) is 3.69. The molecule has 1 heterocycles. The summed E-state index contributed by atoms with van der Waals surface area (Å²) in [6.07, 6.45) is 0.891. The molecular weight excluding hydrogens is 256 g/mol. The fraction of sp³-hybridized carbons (Fsp3) is 0.667. The van der Waals surface area contributed by atoms with E-state index in [0.29, 0.717) is 6.54 Å². The lowest BCUT2D eigenvalue weighted by Crippen LogP contribution is -2.03. The van der Waals surface area contributed by atoms with Crippen LogP contribution in [0.15, 0.2) is 0 Å². The normalized spacial score (nSPS) is 12.1. The summed E-state index contributed by atoms with van der Waals surface area (Å²) in [5, 5.41) is 7.72. The van der Waals surface area contributed by atoms with Gasteiger partial charge >= 0.3 is 0 Å². The van der Waals surface area contributed by atoms with E-state index < -0.39 is 3.79 Å². The molecule has 0 atom stereocenters. The maximum atomic E-state index is 5.87. The fourth-order valence-corrected chi connectivity index (χ4v) is 1.65. The van der Waals surface area contributed by atoms with Gasteiger partial charge in [-0.25, -0.2) is 4.68 Å². The molecule has 0 aliphatic carbocycles. The minimum absolute atomic E-state index is 0.174. The van der Waals surface area contributed by atoms with Crippen LogP contribution in [-0.2, 0) is 10.3 Å². The lowest BCUT2D eigenvalue weighted by Gasteiger charge is -2.06. The molecule has 0 saturated heterocycles. The monoisotopic (exact) mass is 261 g/mol. The first-order valence-corrected chi connectivity index (χ1v) is 5.14. The van der Waals surface area contributed by atoms with Crippen LogP contribution in [0.2, 0.25) is 5.15 Å². The Labute approximate surface area is 95.9 Å². The van der Waals surface area contributed by atoms with Crippen molar-refractivity contribution in [2.45, 2.75) is 23.7 Å². The van der Waals surface area contributed by atoms with Crippen LogP contribution < -0.4 is 0 Å². The standard InChI is InChI=1S/C6H7Cl4N3/c1-2-3-13-5(7)4(11-12-13)6(8,9)10/h2-3H2,1H3. The summed E-state index contributed by atoms with van der Waals surface area (Å²) in [4.78, 5) is 0.